The van der Waals surface area contributed by atoms with Crippen LogP contribution in [-0.4, -0.2) is 61.6 Å². The Morgan fingerprint density at radius 1 is 0.914 bits per heavy atom. The van der Waals surface area contributed by atoms with Gasteiger partial charge in [-0.15, -0.1) is 0 Å². The molecular weight excluding hydrogens is 448 g/mol. The van der Waals surface area contributed by atoms with Crippen LogP contribution in [0.3, 0.4) is 0 Å². The number of amides is 3. The number of likely N-dealkylation sites (tertiary alicyclic amines) is 1. The predicted molar refractivity (Wildman–Crippen MR) is 130 cm³/mol. The third-order valence-corrected chi connectivity index (χ3v) is 7.23. The molecule has 3 amide bonds. The molecule has 0 spiro atoms. The van der Waals surface area contributed by atoms with E-state index in [0.29, 0.717) is 28.4 Å². The number of rotatable bonds is 4. The lowest BCUT2D eigenvalue weighted by atomic mass is 9.95. The summed E-state index contributed by atoms with van der Waals surface area (Å²) in [6.45, 7) is 2.32. The fourth-order valence-corrected chi connectivity index (χ4v) is 5.48. The maximum atomic E-state index is 13.6. The van der Waals surface area contributed by atoms with E-state index in [0.717, 1.165) is 57.4 Å². The first kappa shape index (κ1) is 21.8. The Bertz CT molecular complexity index is 1190. The summed E-state index contributed by atoms with van der Waals surface area (Å²) in [5.41, 5.74) is 2.65. The van der Waals surface area contributed by atoms with Crippen molar-refractivity contribution in [3.8, 4) is 11.5 Å². The van der Waals surface area contributed by atoms with Gasteiger partial charge >= 0.3 is 0 Å². The third-order valence-electron chi connectivity index (χ3n) is 7.23. The number of benzene rings is 2. The summed E-state index contributed by atoms with van der Waals surface area (Å²) in [5, 5.41) is 2.87. The van der Waals surface area contributed by atoms with Gasteiger partial charge in [0.15, 0.2) is 11.5 Å². The molecule has 4 aliphatic heterocycles. The van der Waals surface area contributed by atoms with E-state index in [1.54, 1.807) is 29.2 Å². The summed E-state index contributed by atoms with van der Waals surface area (Å²) in [4.78, 5) is 45.2. The molecule has 6 rings (SSSR count). The molecule has 0 aromatic heterocycles. The Morgan fingerprint density at radius 3 is 2.57 bits per heavy atom. The van der Waals surface area contributed by atoms with Crippen LogP contribution in [0.25, 0.3) is 0 Å². The average Bonchev–Trinajstić information content (AvgIpc) is 3.58. The first-order valence-electron chi connectivity index (χ1n) is 12.3. The lowest BCUT2D eigenvalue weighted by Gasteiger charge is -2.45. The Morgan fingerprint density at radius 2 is 1.71 bits per heavy atom. The van der Waals surface area contributed by atoms with E-state index in [1.165, 1.54) is 0 Å². The van der Waals surface area contributed by atoms with Crippen molar-refractivity contribution in [1.82, 2.24) is 4.90 Å². The van der Waals surface area contributed by atoms with Crippen LogP contribution >= 0.6 is 0 Å². The number of nitrogens with zero attached hydrogens (tertiary/aromatic N) is 3. The number of carbonyl (C=O) groups is 3. The first-order chi connectivity index (χ1) is 17.1. The molecule has 9 nitrogen and oxygen atoms in total. The fraction of sp³-hybridized carbons (Fsp3) is 0.423. The van der Waals surface area contributed by atoms with Crippen LogP contribution in [0.5, 0.6) is 11.5 Å². The lowest BCUT2D eigenvalue weighted by Crippen LogP contribution is -2.56. The normalized spacial score (nSPS) is 20.5. The van der Waals surface area contributed by atoms with Crippen LogP contribution in [-0.2, 0) is 9.59 Å². The van der Waals surface area contributed by atoms with Crippen LogP contribution in [0.2, 0.25) is 0 Å². The van der Waals surface area contributed by atoms with Gasteiger partial charge in [-0.1, -0.05) is 0 Å². The maximum Gasteiger partial charge on any atom is 0.253 e. The predicted octanol–water partition coefficient (Wildman–Crippen LogP) is 3.00. The van der Waals surface area contributed by atoms with Crippen molar-refractivity contribution >= 4 is 34.8 Å². The van der Waals surface area contributed by atoms with Crippen LogP contribution in [0.15, 0.2) is 36.4 Å². The Hall–Kier alpha value is -3.75. The molecule has 35 heavy (non-hydrogen) atoms. The zero-order valence-corrected chi connectivity index (χ0v) is 19.5. The minimum absolute atomic E-state index is 0.0247. The molecule has 0 radical (unpaired) electrons. The highest BCUT2D eigenvalue weighted by Gasteiger charge is 2.40. The van der Waals surface area contributed by atoms with Gasteiger partial charge in [-0.3, -0.25) is 19.3 Å². The van der Waals surface area contributed by atoms with Crippen molar-refractivity contribution in [2.45, 2.75) is 38.1 Å². The average molecular weight is 477 g/mol. The number of piperidine rings is 1. The quantitative estimate of drug-likeness (QED) is 0.730. The molecule has 0 saturated carbocycles. The standard InChI is InChI=1S/C26H28N4O5/c31-24(27-18-7-9-22-23(14-18)35-16-34-22)15-30-21-13-17(25(32)28-10-3-4-11-28)6-8-19(21)29-12-2-1-5-20(29)26(30)33/h6-9,13-14,20H,1-5,10-12,15-16H2,(H,27,31). The van der Waals surface area contributed by atoms with Crippen molar-refractivity contribution in [3.05, 3.63) is 42.0 Å². The van der Waals surface area contributed by atoms with Crippen LogP contribution in [0, 0.1) is 0 Å². The number of ether oxygens (including phenoxy) is 2. The number of nitrogens with one attached hydrogen (secondary N) is 1. The van der Waals surface area contributed by atoms with E-state index in [2.05, 4.69) is 10.2 Å². The van der Waals surface area contributed by atoms with Gasteiger partial charge < -0.3 is 24.6 Å². The summed E-state index contributed by atoms with van der Waals surface area (Å²) >= 11 is 0. The number of anilines is 3. The largest absolute Gasteiger partial charge is 0.454 e. The van der Waals surface area contributed by atoms with Gasteiger partial charge in [0.05, 0.1) is 11.4 Å². The molecule has 0 aliphatic carbocycles. The van der Waals surface area contributed by atoms with Gasteiger partial charge in [0, 0.05) is 37.0 Å². The molecule has 1 atom stereocenters. The summed E-state index contributed by atoms with van der Waals surface area (Å²) in [5.74, 6) is 0.775. The van der Waals surface area contributed by atoms with Gasteiger partial charge in [0.1, 0.15) is 12.6 Å². The molecule has 1 unspecified atom stereocenters. The topological polar surface area (TPSA) is 91.4 Å². The molecule has 2 aromatic carbocycles. The Balaban J connectivity index is 1.29. The second kappa shape index (κ2) is 8.79. The van der Waals surface area contributed by atoms with Crippen LogP contribution in [0.1, 0.15) is 42.5 Å². The molecule has 0 bridgehead atoms. The summed E-state index contributed by atoms with van der Waals surface area (Å²) in [6, 6.07) is 10.5. The Kier molecular flexibility index (Phi) is 5.47. The lowest BCUT2D eigenvalue weighted by molar-refractivity contribution is -0.123. The van der Waals surface area contributed by atoms with Crippen molar-refractivity contribution in [2.24, 2.45) is 0 Å². The zero-order valence-electron chi connectivity index (χ0n) is 19.5. The van der Waals surface area contributed by atoms with Gasteiger partial charge in [0.25, 0.3) is 5.91 Å². The summed E-state index contributed by atoms with van der Waals surface area (Å²) in [7, 11) is 0. The van der Waals surface area contributed by atoms with E-state index in [1.807, 2.05) is 17.0 Å². The summed E-state index contributed by atoms with van der Waals surface area (Å²) < 4.78 is 10.7. The monoisotopic (exact) mass is 476 g/mol. The van der Waals surface area contributed by atoms with E-state index in [9.17, 15) is 14.4 Å². The Labute approximate surface area is 203 Å². The molecule has 182 valence electrons. The number of fused-ring (bicyclic) bond motifs is 4. The highest BCUT2D eigenvalue weighted by atomic mass is 16.7. The minimum Gasteiger partial charge on any atom is -0.454 e. The number of hydrogen-bond donors (Lipinski definition) is 1. The molecule has 2 fully saturated rings. The van der Waals surface area contributed by atoms with Crippen LogP contribution < -0.4 is 24.6 Å². The molecule has 4 aliphatic rings. The number of carbonyl (C=O) groups excluding carboxylic acids is 3. The maximum absolute atomic E-state index is 13.6. The fourth-order valence-electron chi connectivity index (χ4n) is 5.48. The molecule has 1 N–H and O–H groups in total. The molecular formula is C26H28N4O5. The molecule has 2 aromatic rings. The smallest absolute Gasteiger partial charge is 0.253 e. The first-order valence-corrected chi connectivity index (χ1v) is 12.3. The van der Waals surface area contributed by atoms with Crippen molar-refractivity contribution in [2.75, 3.05) is 48.1 Å². The van der Waals surface area contributed by atoms with Crippen LogP contribution in [0.4, 0.5) is 17.1 Å². The second-order valence-corrected chi connectivity index (χ2v) is 9.45. The van der Waals surface area contributed by atoms with E-state index in [-0.39, 0.29) is 37.1 Å². The van der Waals surface area contributed by atoms with Gasteiger partial charge in [0.2, 0.25) is 18.6 Å². The minimum atomic E-state index is -0.316. The molecule has 9 heteroatoms. The van der Waals surface area contributed by atoms with Gasteiger partial charge in [-0.05, 0) is 62.4 Å². The summed E-state index contributed by atoms with van der Waals surface area (Å²) in [6.07, 6.45) is 4.77. The number of hydrogen-bond acceptors (Lipinski definition) is 6. The van der Waals surface area contributed by atoms with E-state index < -0.39 is 0 Å². The van der Waals surface area contributed by atoms with Gasteiger partial charge in [-0.2, -0.15) is 0 Å². The van der Waals surface area contributed by atoms with Crippen molar-refractivity contribution < 1.29 is 23.9 Å². The zero-order chi connectivity index (χ0) is 23.9. The molecule has 4 heterocycles. The highest BCUT2D eigenvalue weighted by Crippen LogP contribution is 2.40. The van der Waals surface area contributed by atoms with Crippen molar-refractivity contribution in [3.63, 3.8) is 0 Å². The second-order valence-electron chi connectivity index (χ2n) is 9.45. The highest BCUT2D eigenvalue weighted by molar-refractivity contribution is 6.11. The molecule has 2 saturated heterocycles. The third kappa shape index (κ3) is 3.94. The van der Waals surface area contributed by atoms with E-state index in [4.69, 9.17) is 9.47 Å². The van der Waals surface area contributed by atoms with E-state index >= 15 is 0 Å². The van der Waals surface area contributed by atoms with Gasteiger partial charge in [-0.25, -0.2) is 0 Å². The van der Waals surface area contributed by atoms with Crippen molar-refractivity contribution in [1.29, 1.82) is 0 Å². The SMILES string of the molecule is O=C(CN1C(=O)C2CCCCN2c2ccc(C(=O)N3CCCC3)cc21)Nc1ccc2c(c1)OCO2.